The molecule has 0 bridgehead atoms. The van der Waals surface area contributed by atoms with Crippen LogP contribution in [0.2, 0.25) is 0 Å². The third-order valence-corrected chi connectivity index (χ3v) is 3.39. The zero-order chi connectivity index (χ0) is 17.4. The number of likely N-dealkylation sites (N-methyl/N-ethyl adjacent to an activating group) is 1. The first kappa shape index (κ1) is 19.0. The van der Waals surface area contributed by atoms with Gasteiger partial charge < -0.3 is 15.0 Å². The van der Waals surface area contributed by atoms with Crippen molar-refractivity contribution in [3.05, 3.63) is 23.8 Å². The molecular weight excluding hydrogens is 294 g/mol. The quantitative estimate of drug-likeness (QED) is 0.792. The van der Waals surface area contributed by atoms with Crippen molar-refractivity contribution in [1.29, 1.82) is 0 Å². The third kappa shape index (κ3) is 6.28. The summed E-state index contributed by atoms with van der Waals surface area (Å²) in [7, 11) is 4.99. The zero-order valence-corrected chi connectivity index (χ0v) is 14.7. The number of methoxy groups -OCH3 is 1. The number of nitrogens with one attached hydrogen (secondary N) is 1. The average Bonchev–Trinajstić information content (AvgIpc) is 2.47. The second-order valence-electron chi connectivity index (χ2n) is 5.75. The normalized spacial score (nSPS) is 10.5. The van der Waals surface area contributed by atoms with E-state index in [1.807, 2.05) is 36.9 Å². The number of benzene rings is 1. The second-order valence-corrected chi connectivity index (χ2v) is 5.75. The molecule has 1 N–H and O–H groups in total. The number of carbonyl (C=O) groups excluding carboxylic acids is 2. The SMILES string of the molecule is CCCN(CC(=O)Nc1cc(C)ccc1OC)CC(=O)N(C)C. The highest BCUT2D eigenvalue weighted by Crippen LogP contribution is 2.25. The number of anilines is 1. The van der Waals surface area contributed by atoms with E-state index in [1.165, 1.54) is 4.90 Å². The Hall–Kier alpha value is -2.08. The van der Waals surface area contributed by atoms with Crippen LogP contribution >= 0.6 is 0 Å². The summed E-state index contributed by atoms with van der Waals surface area (Å²) in [5, 5.41) is 2.86. The van der Waals surface area contributed by atoms with E-state index in [1.54, 1.807) is 21.2 Å². The highest BCUT2D eigenvalue weighted by atomic mass is 16.5. The minimum Gasteiger partial charge on any atom is -0.495 e. The van der Waals surface area contributed by atoms with Gasteiger partial charge in [0.1, 0.15) is 5.75 Å². The van der Waals surface area contributed by atoms with E-state index < -0.39 is 0 Å². The molecule has 0 aliphatic rings. The van der Waals surface area contributed by atoms with E-state index in [2.05, 4.69) is 5.32 Å². The summed E-state index contributed by atoms with van der Waals surface area (Å²) in [6.45, 7) is 5.07. The summed E-state index contributed by atoms with van der Waals surface area (Å²) in [4.78, 5) is 27.5. The minimum atomic E-state index is -0.158. The van der Waals surface area contributed by atoms with Gasteiger partial charge in [0.15, 0.2) is 0 Å². The molecule has 0 aliphatic carbocycles. The lowest BCUT2D eigenvalue weighted by molar-refractivity contribution is -0.130. The molecule has 1 aromatic rings. The van der Waals surface area contributed by atoms with Crippen LogP contribution in [0.5, 0.6) is 5.75 Å². The van der Waals surface area contributed by atoms with Gasteiger partial charge in [-0.3, -0.25) is 14.5 Å². The lowest BCUT2D eigenvalue weighted by atomic mass is 10.2. The molecule has 1 rings (SSSR count). The minimum absolute atomic E-state index is 0.0145. The number of hydrogen-bond donors (Lipinski definition) is 1. The number of ether oxygens (including phenoxy) is 1. The molecule has 2 amide bonds. The first-order chi connectivity index (χ1) is 10.9. The average molecular weight is 321 g/mol. The number of hydrogen-bond acceptors (Lipinski definition) is 4. The largest absolute Gasteiger partial charge is 0.495 e. The fourth-order valence-corrected chi connectivity index (χ4v) is 2.18. The van der Waals surface area contributed by atoms with Gasteiger partial charge in [0.2, 0.25) is 11.8 Å². The van der Waals surface area contributed by atoms with Gasteiger partial charge >= 0.3 is 0 Å². The van der Waals surface area contributed by atoms with Gasteiger partial charge in [-0.25, -0.2) is 0 Å². The van der Waals surface area contributed by atoms with Gasteiger partial charge in [0.05, 0.1) is 25.9 Å². The molecule has 0 unspecified atom stereocenters. The lowest BCUT2D eigenvalue weighted by Gasteiger charge is -2.22. The third-order valence-electron chi connectivity index (χ3n) is 3.39. The lowest BCUT2D eigenvalue weighted by Crippen LogP contribution is -2.41. The monoisotopic (exact) mass is 321 g/mol. The van der Waals surface area contributed by atoms with Crippen LogP contribution in [0.25, 0.3) is 0 Å². The first-order valence-corrected chi connectivity index (χ1v) is 7.74. The highest BCUT2D eigenvalue weighted by Gasteiger charge is 2.16. The molecule has 0 saturated carbocycles. The fraction of sp³-hybridized carbons (Fsp3) is 0.529. The van der Waals surface area contributed by atoms with Gasteiger partial charge in [-0.2, -0.15) is 0 Å². The van der Waals surface area contributed by atoms with Crippen LogP contribution in [0.4, 0.5) is 5.69 Å². The van der Waals surface area contributed by atoms with Crippen molar-refractivity contribution in [3.63, 3.8) is 0 Å². The molecule has 0 radical (unpaired) electrons. The molecule has 1 aromatic carbocycles. The van der Waals surface area contributed by atoms with Crippen LogP contribution < -0.4 is 10.1 Å². The number of carbonyl (C=O) groups is 2. The summed E-state index contributed by atoms with van der Waals surface area (Å²) in [5.74, 6) is 0.448. The summed E-state index contributed by atoms with van der Waals surface area (Å²) >= 11 is 0. The number of amides is 2. The van der Waals surface area contributed by atoms with Gasteiger partial charge in [0.25, 0.3) is 0 Å². The Morgan fingerprint density at radius 2 is 1.91 bits per heavy atom. The predicted octanol–water partition coefficient (Wildman–Crippen LogP) is 1.74. The Bertz CT molecular complexity index is 544. The van der Waals surface area contributed by atoms with Gasteiger partial charge in [-0.15, -0.1) is 0 Å². The number of aryl methyl sites for hydroxylation is 1. The first-order valence-electron chi connectivity index (χ1n) is 7.74. The van der Waals surface area contributed by atoms with Crippen LogP contribution in [0.15, 0.2) is 18.2 Å². The van der Waals surface area contributed by atoms with Crippen LogP contribution in [0.3, 0.4) is 0 Å². The molecule has 0 aliphatic heterocycles. The van der Waals surface area contributed by atoms with Crippen LogP contribution in [-0.4, -0.2) is 62.5 Å². The summed E-state index contributed by atoms with van der Waals surface area (Å²) in [5.41, 5.74) is 1.68. The van der Waals surface area contributed by atoms with E-state index >= 15 is 0 Å². The topological polar surface area (TPSA) is 61.9 Å². The van der Waals surface area contributed by atoms with Gasteiger partial charge in [-0.1, -0.05) is 13.0 Å². The van der Waals surface area contributed by atoms with Crippen molar-refractivity contribution in [2.75, 3.05) is 46.2 Å². The maximum atomic E-state index is 12.3. The van der Waals surface area contributed by atoms with Crippen molar-refractivity contribution in [2.24, 2.45) is 0 Å². The Morgan fingerprint density at radius 3 is 2.48 bits per heavy atom. The molecule has 0 spiro atoms. The maximum absolute atomic E-state index is 12.3. The molecule has 128 valence electrons. The molecule has 6 nitrogen and oxygen atoms in total. The molecule has 0 fully saturated rings. The second kappa shape index (κ2) is 9.15. The molecule has 23 heavy (non-hydrogen) atoms. The molecule has 0 aromatic heterocycles. The Morgan fingerprint density at radius 1 is 1.22 bits per heavy atom. The summed E-state index contributed by atoms with van der Waals surface area (Å²) < 4.78 is 5.26. The van der Waals surface area contributed by atoms with Crippen LogP contribution in [-0.2, 0) is 9.59 Å². The summed E-state index contributed by atoms with van der Waals surface area (Å²) in [6.07, 6.45) is 0.877. The van der Waals surface area contributed by atoms with Crippen LogP contribution in [0, 0.1) is 6.92 Å². The highest BCUT2D eigenvalue weighted by molar-refractivity contribution is 5.94. The predicted molar refractivity (Wildman–Crippen MR) is 91.8 cm³/mol. The van der Waals surface area contributed by atoms with Crippen molar-refractivity contribution in [2.45, 2.75) is 20.3 Å². The maximum Gasteiger partial charge on any atom is 0.238 e. The zero-order valence-electron chi connectivity index (χ0n) is 14.7. The molecule has 0 saturated heterocycles. The van der Waals surface area contributed by atoms with Crippen molar-refractivity contribution in [3.8, 4) is 5.75 Å². The van der Waals surface area contributed by atoms with E-state index in [-0.39, 0.29) is 24.9 Å². The molecule has 0 heterocycles. The smallest absolute Gasteiger partial charge is 0.238 e. The van der Waals surface area contributed by atoms with Crippen molar-refractivity contribution >= 4 is 17.5 Å². The van der Waals surface area contributed by atoms with Crippen molar-refractivity contribution < 1.29 is 14.3 Å². The standard InChI is InChI=1S/C17H27N3O3/c1-6-9-20(12-17(22)19(3)4)11-16(21)18-14-10-13(2)7-8-15(14)23-5/h7-8,10H,6,9,11-12H2,1-5H3,(H,18,21). The molecule has 0 atom stereocenters. The van der Waals surface area contributed by atoms with Crippen LogP contribution in [0.1, 0.15) is 18.9 Å². The summed E-state index contributed by atoms with van der Waals surface area (Å²) in [6, 6.07) is 5.61. The van der Waals surface area contributed by atoms with E-state index in [0.29, 0.717) is 18.0 Å². The Labute approximate surface area is 138 Å². The van der Waals surface area contributed by atoms with E-state index in [9.17, 15) is 9.59 Å². The van der Waals surface area contributed by atoms with Gasteiger partial charge in [0, 0.05) is 14.1 Å². The number of nitrogens with zero attached hydrogens (tertiary/aromatic N) is 2. The van der Waals surface area contributed by atoms with Crippen molar-refractivity contribution in [1.82, 2.24) is 9.80 Å². The van der Waals surface area contributed by atoms with E-state index in [4.69, 9.17) is 4.74 Å². The fourth-order valence-electron chi connectivity index (χ4n) is 2.18. The van der Waals surface area contributed by atoms with E-state index in [0.717, 1.165) is 12.0 Å². The molecular formula is C17H27N3O3. The Kier molecular flexibility index (Phi) is 7.54. The van der Waals surface area contributed by atoms with Gasteiger partial charge in [-0.05, 0) is 37.6 Å². The molecule has 6 heteroatoms. The Balaban J connectivity index is 2.72. The number of rotatable bonds is 8.